The molecule has 88 valence electrons. The third kappa shape index (κ3) is 2.63. The van der Waals surface area contributed by atoms with Crippen molar-refractivity contribution in [2.75, 3.05) is 7.05 Å². The van der Waals surface area contributed by atoms with Crippen LogP contribution in [0.2, 0.25) is 0 Å². The van der Waals surface area contributed by atoms with Gasteiger partial charge in [0.25, 0.3) is 0 Å². The Balaban J connectivity index is 2.12. The van der Waals surface area contributed by atoms with Crippen LogP contribution in [0.3, 0.4) is 0 Å². The summed E-state index contributed by atoms with van der Waals surface area (Å²) in [5.74, 6) is 0. The number of benzene rings is 1. The standard InChI is InChI=1S/C14H22N2/c1-3-4-14-8-13-7-11(9-15-2)5-6-12(13)10-16-14/h5-7,14-16H,3-4,8-10H2,1-2H3. The second kappa shape index (κ2) is 5.46. The summed E-state index contributed by atoms with van der Waals surface area (Å²) in [6.07, 6.45) is 3.75. The molecule has 0 amide bonds. The van der Waals surface area contributed by atoms with Crippen LogP contribution >= 0.6 is 0 Å². The van der Waals surface area contributed by atoms with Gasteiger partial charge in [0, 0.05) is 19.1 Å². The maximum Gasteiger partial charge on any atom is 0.0210 e. The first-order chi connectivity index (χ1) is 7.83. The van der Waals surface area contributed by atoms with Gasteiger partial charge in [0.05, 0.1) is 0 Å². The molecule has 0 spiro atoms. The van der Waals surface area contributed by atoms with Gasteiger partial charge in [0.2, 0.25) is 0 Å². The van der Waals surface area contributed by atoms with Gasteiger partial charge in [0.15, 0.2) is 0 Å². The van der Waals surface area contributed by atoms with Crippen LogP contribution in [0, 0.1) is 0 Å². The molecule has 2 N–H and O–H groups in total. The lowest BCUT2D eigenvalue weighted by atomic mass is 9.92. The monoisotopic (exact) mass is 218 g/mol. The zero-order chi connectivity index (χ0) is 11.4. The Morgan fingerprint density at radius 3 is 3.00 bits per heavy atom. The van der Waals surface area contributed by atoms with Crippen LogP contribution in [0.25, 0.3) is 0 Å². The molecule has 1 aromatic rings. The smallest absolute Gasteiger partial charge is 0.0210 e. The molecule has 16 heavy (non-hydrogen) atoms. The molecule has 0 aliphatic carbocycles. The Labute approximate surface area is 98.4 Å². The molecular weight excluding hydrogens is 196 g/mol. The van der Waals surface area contributed by atoms with E-state index in [1.54, 1.807) is 5.56 Å². The Bertz CT molecular complexity index is 347. The number of hydrogen-bond acceptors (Lipinski definition) is 2. The van der Waals surface area contributed by atoms with Gasteiger partial charge < -0.3 is 10.6 Å². The summed E-state index contributed by atoms with van der Waals surface area (Å²) in [6.45, 7) is 4.27. The van der Waals surface area contributed by atoms with Crippen LogP contribution < -0.4 is 10.6 Å². The molecule has 2 rings (SSSR count). The molecule has 1 heterocycles. The van der Waals surface area contributed by atoms with Gasteiger partial charge in [0.1, 0.15) is 0 Å². The third-order valence-electron chi connectivity index (χ3n) is 3.34. The molecular formula is C14H22N2. The molecule has 1 aliphatic heterocycles. The molecule has 0 fully saturated rings. The minimum absolute atomic E-state index is 0.683. The summed E-state index contributed by atoms with van der Waals surface area (Å²) in [6, 6.07) is 7.56. The van der Waals surface area contributed by atoms with Crippen molar-refractivity contribution in [3.63, 3.8) is 0 Å². The van der Waals surface area contributed by atoms with Crippen LogP contribution in [0.5, 0.6) is 0 Å². The fourth-order valence-electron chi connectivity index (χ4n) is 2.50. The lowest BCUT2D eigenvalue weighted by Gasteiger charge is -2.26. The highest BCUT2D eigenvalue weighted by Crippen LogP contribution is 2.20. The Morgan fingerprint density at radius 1 is 1.38 bits per heavy atom. The SMILES string of the molecule is CCCC1Cc2cc(CNC)ccc2CN1. The summed E-state index contributed by atoms with van der Waals surface area (Å²) in [5.41, 5.74) is 4.43. The van der Waals surface area contributed by atoms with Crippen molar-refractivity contribution in [1.82, 2.24) is 10.6 Å². The zero-order valence-electron chi connectivity index (χ0n) is 10.3. The summed E-state index contributed by atoms with van der Waals surface area (Å²) in [4.78, 5) is 0. The van der Waals surface area contributed by atoms with E-state index in [-0.39, 0.29) is 0 Å². The van der Waals surface area contributed by atoms with Gasteiger partial charge in [-0.3, -0.25) is 0 Å². The molecule has 1 atom stereocenters. The molecule has 2 heteroatoms. The second-order valence-electron chi connectivity index (χ2n) is 4.70. The van der Waals surface area contributed by atoms with Gasteiger partial charge in [-0.25, -0.2) is 0 Å². The van der Waals surface area contributed by atoms with E-state index in [1.807, 2.05) is 7.05 Å². The van der Waals surface area contributed by atoms with Crippen molar-refractivity contribution in [2.45, 2.75) is 45.3 Å². The average molecular weight is 218 g/mol. The Hall–Kier alpha value is -0.860. The first kappa shape index (κ1) is 11.6. The number of nitrogens with one attached hydrogen (secondary N) is 2. The first-order valence-corrected chi connectivity index (χ1v) is 6.32. The van der Waals surface area contributed by atoms with E-state index in [0.717, 1.165) is 13.1 Å². The van der Waals surface area contributed by atoms with Gasteiger partial charge in [-0.05, 0) is 36.6 Å². The van der Waals surface area contributed by atoms with E-state index in [2.05, 4.69) is 35.8 Å². The molecule has 0 aromatic heterocycles. The highest BCUT2D eigenvalue weighted by atomic mass is 14.9. The largest absolute Gasteiger partial charge is 0.316 e. The van der Waals surface area contributed by atoms with E-state index in [0.29, 0.717) is 6.04 Å². The molecule has 0 bridgehead atoms. The van der Waals surface area contributed by atoms with Crippen LogP contribution in [0.1, 0.15) is 36.5 Å². The van der Waals surface area contributed by atoms with Crippen molar-refractivity contribution in [3.05, 3.63) is 34.9 Å². The van der Waals surface area contributed by atoms with Crippen molar-refractivity contribution in [2.24, 2.45) is 0 Å². The van der Waals surface area contributed by atoms with Crippen LogP contribution in [0.15, 0.2) is 18.2 Å². The quantitative estimate of drug-likeness (QED) is 0.809. The summed E-state index contributed by atoms with van der Waals surface area (Å²) < 4.78 is 0. The normalized spacial score (nSPS) is 19.5. The minimum Gasteiger partial charge on any atom is -0.316 e. The van der Waals surface area contributed by atoms with Gasteiger partial charge in [-0.2, -0.15) is 0 Å². The van der Waals surface area contributed by atoms with E-state index in [1.165, 1.54) is 30.4 Å². The lowest BCUT2D eigenvalue weighted by Crippen LogP contribution is -2.35. The van der Waals surface area contributed by atoms with Crippen molar-refractivity contribution >= 4 is 0 Å². The van der Waals surface area contributed by atoms with Crippen molar-refractivity contribution in [3.8, 4) is 0 Å². The fourth-order valence-corrected chi connectivity index (χ4v) is 2.50. The lowest BCUT2D eigenvalue weighted by molar-refractivity contribution is 0.448. The predicted octanol–water partition coefficient (Wildman–Crippen LogP) is 2.22. The average Bonchev–Trinajstić information content (AvgIpc) is 2.29. The van der Waals surface area contributed by atoms with E-state index in [4.69, 9.17) is 0 Å². The molecule has 2 nitrogen and oxygen atoms in total. The maximum absolute atomic E-state index is 3.61. The first-order valence-electron chi connectivity index (χ1n) is 6.32. The number of fused-ring (bicyclic) bond motifs is 1. The second-order valence-corrected chi connectivity index (χ2v) is 4.70. The highest BCUT2D eigenvalue weighted by molar-refractivity contribution is 5.34. The summed E-state index contributed by atoms with van der Waals surface area (Å²) in [5, 5.41) is 6.82. The third-order valence-corrected chi connectivity index (χ3v) is 3.34. The Kier molecular flexibility index (Phi) is 3.97. The van der Waals surface area contributed by atoms with E-state index >= 15 is 0 Å². The van der Waals surface area contributed by atoms with Gasteiger partial charge in [-0.1, -0.05) is 31.5 Å². The predicted molar refractivity (Wildman–Crippen MR) is 68.4 cm³/mol. The van der Waals surface area contributed by atoms with Crippen LogP contribution in [-0.4, -0.2) is 13.1 Å². The molecule has 1 unspecified atom stereocenters. The fraction of sp³-hybridized carbons (Fsp3) is 0.571. The molecule has 0 saturated carbocycles. The zero-order valence-corrected chi connectivity index (χ0v) is 10.3. The van der Waals surface area contributed by atoms with E-state index < -0.39 is 0 Å². The van der Waals surface area contributed by atoms with Gasteiger partial charge >= 0.3 is 0 Å². The summed E-state index contributed by atoms with van der Waals surface area (Å²) in [7, 11) is 2.00. The van der Waals surface area contributed by atoms with E-state index in [9.17, 15) is 0 Å². The molecule has 0 saturated heterocycles. The summed E-state index contributed by atoms with van der Waals surface area (Å²) >= 11 is 0. The number of rotatable bonds is 4. The molecule has 1 aromatic carbocycles. The van der Waals surface area contributed by atoms with Crippen LogP contribution in [-0.2, 0) is 19.5 Å². The van der Waals surface area contributed by atoms with Crippen molar-refractivity contribution < 1.29 is 0 Å². The molecule has 1 aliphatic rings. The van der Waals surface area contributed by atoms with Crippen LogP contribution in [0.4, 0.5) is 0 Å². The maximum atomic E-state index is 3.61. The Morgan fingerprint density at radius 2 is 2.25 bits per heavy atom. The number of hydrogen-bond donors (Lipinski definition) is 2. The van der Waals surface area contributed by atoms with Gasteiger partial charge in [-0.15, -0.1) is 0 Å². The minimum atomic E-state index is 0.683. The topological polar surface area (TPSA) is 24.1 Å². The van der Waals surface area contributed by atoms with Crippen molar-refractivity contribution in [1.29, 1.82) is 0 Å². The highest BCUT2D eigenvalue weighted by Gasteiger charge is 2.16. The molecule has 0 radical (unpaired) electrons.